The van der Waals surface area contributed by atoms with Gasteiger partial charge < -0.3 is 34.0 Å². The lowest BCUT2D eigenvalue weighted by atomic mass is 9.62. The van der Waals surface area contributed by atoms with E-state index < -0.39 is 35.1 Å². The summed E-state index contributed by atoms with van der Waals surface area (Å²) >= 11 is 0. The molecule has 4 saturated heterocycles. The zero-order valence-electron chi connectivity index (χ0n) is 27.7. The first-order chi connectivity index (χ1) is 22.1. The van der Waals surface area contributed by atoms with Gasteiger partial charge in [-0.1, -0.05) is 19.1 Å². The molecule has 11 heteroatoms. The second-order valence-corrected chi connectivity index (χ2v) is 13.2. The lowest BCUT2D eigenvalue weighted by molar-refractivity contribution is -0.155. The van der Waals surface area contributed by atoms with Gasteiger partial charge >= 0.3 is 0 Å². The summed E-state index contributed by atoms with van der Waals surface area (Å²) in [5.41, 5.74) is -1.55. The maximum atomic E-state index is 14.7. The van der Waals surface area contributed by atoms with Crippen molar-refractivity contribution in [3.63, 3.8) is 0 Å². The molecule has 0 aromatic heterocycles. The maximum Gasteiger partial charge on any atom is 0.248 e. The number of hydrogen-bond acceptors (Lipinski definition) is 8. The van der Waals surface area contributed by atoms with Gasteiger partial charge in [-0.2, -0.15) is 0 Å². The number of morpholine rings is 1. The molecular weight excluding hydrogens is 588 g/mol. The van der Waals surface area contributed by atoms with E-state index in [0.29, 0.717) is 57.3 Å². The van der Waals surface area contributed by atoms with Crippen molar-refractivity contribution in [1.29, 1.82) is 0 Å². The molecule has 4 aliphatic heterocycles. The van der Waals surface area contributed by atoms with Gasteiger partial charge in [-0.25, -0.2) is 0 Å². The number of ether oxygens (including phenoxy) is 3. The highest BCUT2D eigenvalue weighted by Crippen LogP contribution is 2.66. The summed E-state index contributed by atoms with van der Waals surface area (Å²) in [7, 11) is 0. The van der Waals surface area contributed by atoms with Gasteiger partial charge in [-0.3, -0.25) is 19.3 Å². The average Bonchev–Trinajstić information content (AvgIpc) is 3.58. The monoisotopic (exact) mass is 638 g/mol. The van der Waals surface area contributed by atoms with Crippen LogP contribution in [-0.4, -0.2) is 127 Å². The molecule has 2 bridgehead atoms. The predicted octanol–water partition coefficient (Wildman–Crippen LogP) is 2.34. The molecule has 4 fully saturated rings. The average molecular weight is 639 g/mol. The Morgan fingerprint density at radius 1 is 1.15 bits per heavy atom. The Morgan fingerprint density at radius 2 is 1.83 bits per heavy atom. The molecule has 4 aliphatic rings. The number of benzene rings is 1. The molecule has 7 atom stereocenters. The SMILES string of the molecule is C=CCN(CCN1CCOCC1)C(=O)C1N([C@H](C)CO)C(=O)[C@@H]2[C@@H](C(=O)N(CC=C)c3ccc(OCC)cc3)[C@]3(C)OC12CC3C. The van der Waals surface area contributed by atoms with Crippen LogP contribution in [0.25, 0.3) is 0 Å². The Bertz CT molecular complexity index is 1300. The number of nitrogens with zero attached hydrogens (tertiary/aromatic N) is 4. The fraction of sp³-hybridized carbons (Fsp3) is 0.629. The number of anilines is 1. The summed E-state index contributed by atoms with van der Waals surface area (Å²) in [6.45, 7) is 20.1. The number of fused-ring (bicyclic) bond motifs is 1. The molecule has 0 aliphatic carbocycles. The first-order valence-corrected chi connectivity index (χ1v) is 16.6. The van der Waals surface area contributed by atoms with Gasteiger partial charge in [-0.15, -0.1) is 13.2 Å². The van der Waals surface area contributed by atoms with Gasteiger partial charge in [0.05, 0.1) is 49.9 Å². The molecule has 1 aromatic rings. The molecule has 1 spiro atoms. The Labute approximate surface area is 272 Å². The topological polar surface area (TPSA) is 112 Å². The third-order valence-electron chi connectivity index (χ3n) is 10.5. The van der Waals surface area contributed by atoms with E-state index in [1.165, 1.54) is 4.90 Å². The Balaban J connectivity index is 1.52. The summed E-state index contributed by atoms with van der Waals surface area (Å²) in [5.74, 6) is -1.98. The highest BCUT2D eigenvalue weighted by molar-refractivity contribution is 6.03. The van der Waals surface area contributed by atoms with Crippen molar-refractivity contribution in [3.05, 3.63) is 49.6 Å². The van der Waals surface area contributed by atoms with Crippen LogP contribution in [0.3, 0.4) is 0 Å². The number of carbonyl (C=O) groups excluding carboxylic acids is 3. The maximum absolute atomic E-state index is 14.7. The zero-order valence-corrected chi connectivity index (χ0v) is 27.7. The number of aliphatic hydroxyl groups is 1. The highest BCUT2D eigenvalue weighted by Gasteiger charge is 2.80. The number of hydrogen-bond donors (Lipinski definition) is 1. The summed E-state index contributed by atoms with van der Waals surface area (Å²) < 4.78 is 18.0. The van der Waals surface area contributed by atoms with Gasteiger partial charge in [0.2, 0.25) is 17.7 Å². The van der Waals surface area contributed by atoms with E-state index in [4.69, 9.17) is 14.2 Å². The van der Waals surface area contributed by atoms with Crippen LogP contribution < -0.4 is 9.64 Å². The molecule has 0 saturated carbocycles. The number of rotatable bonds is 14. The summed E-state index contributed by atoms with van der Waals surface area (Å²) in [6, 6.07) is 5.65. The van der Waals surface area contributed by atoms with E-state index in [1.54, 1.807) is 28.9 Å². The molecule has 1 aromatic carbocycles. The Kier molecular flexibility index (Phi) is 10.3. The van der Waals surface area contributed by atoms with Gasteiger partial charge in [0.25, 0.3) is 0 Å². The van der Waals surface area contributed by atoms with Crippen LogP contribution in [-0.2, 0) is 23.9 Å². The molecule has 46 heavy (non-hydrogen) atoms. The van der Waals surface area contributed by atoms with Crippen LogP contribution in [0.15, 0.2) is 49.6 Å². The fourth-order valence-corrected chi connectivity index (χ4v) is 8.11. The van der Waals surface area contributed by atoms with Crippen molar-refractivity contribution < 1.29 is 33.7 Å². The van der Waals surface area contributed by atoms with Gasteiger partial charge in [0.15, 0.2) is 0 Å². The molecule has 5 rings (SSSR count). The molecular formula is C35H50N4O7. The second-order valence-electron chi connectivity index (χ2n) is 13.2. The molecule has 11 nitrogen and oxygen atoms in total. The quantitative estimate of drug-likeness (QED) is 0.309. The molecule has 4 heterocycles. The fourth-order valence-electron chi connectivity index (χ4n) is 8.11. The molecule has 252 valence electrons. The van der Waals surface area contributed by atoms with Crippen molar-refractivity contribution in [1.82, 2.24) is 14.7 Å². The van der Waals surface area contributed by atoms with Crippen molar-refractivity contribution in [2.24, 2.45) is 17.8 Å². The van der Waals surface area contributed by atoms with E-state index in [9.17, 15) is 19.5 Å². The first-order valence-electron chi connectivity index (χ1n) is 16.6. The third-order valence-corrected chi connectivity index (χ3v) is 10.5. The summed E-state index contributed by atoms with van der Waals surface area (Å²) in [5, 5.41) is 10.3. The van der Waals surface area contributed by atoms with Crippen LogP contribution >= 0.6 is 0 Å². The van der Waals surface area contributed by atoms with E-state index in [-0.39, 0.29) is 36.8 Å². The molecule has 3 unspecified atom stereocenters. The lowest BCUT2D eigenvalue weighted by Gasteiger charge is -2.39. The summed E-state index contributed by atoms with van der Waals surface area (Å²) in [6.07, 6.45) is 3.80. The van der Waals surface area contributed by atoms with Crippen LogP contribution in [0.1, 0.15) is 34.1 Å². The lowest BCUT2D eigenvalue weighted by Crippen LogP contribution is -2.59. The highest BCUT2D eigenvalue weighted by atomic mass is 16.5. The van der Waals surface area contributed by atoms with Crippen molar-refractivity contribution in [2.75, 3.05) is 70.6 Å². The van der Waals surface area contributed by atoms with E-state index >= 15 is 0 Å². The van der Waals surface area contributed by atoms with Crippen molar-refractivity contribution in [2.45, 2.75) is 57.4 Å². The Morgan fingerprint density at radius 3 is 2.43 bits per heavy atom. The smallest absolute Gasteiger partial charge is 0.248 e. The van der Waals surface area contributed by atoms with E-state index in [1.807, 2.05) is 45.0 Å². The number of carbonyl (C=O) groups is 3. The van der Waals surface area contributed by atoms with Gasteiger partial charge in [0.1, 0.15) is 17.4 Å². The van der Waals surface area contributed by atoms with Crippen molar-refractivity contribution >= 4 is 23.4 Å². The minimum Gasteiger partial charge on any atom is -0.494 e. The van der Waals surface area contributed by atoms with Crippen LogP contribution in [0.5, 0.6) is 5.75 Å². The van der Waals surface area contributed by atoms with E-state index in [2.05, 4.69) is 18.1 Å². The summed E-state index contributed by atoms with van der Waals surface area (Å²) in [4.78, 5) is 51.1. The number of amides is 3. The minimum atomic E-state index is -1.22. The zero-order chi connectivity index (χ0) is 33.2. The second kappa shape index (κ2) is 13.9. The standard InChI is InChI=1S/C35H50N4O7/c1-7-14-37(17-16-36-18-20-44-21-19-36)33(43)30-35-22-24(4)34(6,46-35)28(29(35)32(42)39(30)25(5)23-40)31(41)38(15-8-2)26-10-12-27(13-11-26)45-9-3/h7-8,10-13,24-25,28-30,40H,1-2,9,14-23H2,3-6H3/t24?,25-,28+,29+,30?,34-,35?/m1/s1. The minimum absolute atomic E-state index is 0.114. The largest absolute Gasteiger partial charge is 0.494 e. The van der Waals surface area contributed by atoms with Crippen molar-refractivity contribution in [3.8, 4) is 5.75 Å². The predicted molar refractivity (Wildman–Crippen MR) is 174 cm³/mol. The number of aliphatic hydroxyl groups excluding tert-OH is 1. The van der Waals surface area contributed by atoms with Gasteiger partial charge in [-0.05, 0) is 57.4 Å². The van der Waals surface area contributed by atoms with Crippen LogP contribution in [0, 0.1) is 17.8 Å². The molecule has 0 radical (unpaired) electrons. The number of likely N-dealkylation sites (tertiary alicyclic amines) is 1. The molecule has 3 amide bonds. The van der Waals surface area contributed by atoms with E-state index in [0.717, 1.165) is 13.1 Å². The molecule has 1 N–H and O–H groups in total. The first kappa shape index (κ1) is 34.1. The third kappa shape index (κ3) is 5.76. The van der Waals surface area contributed by atoms with Crippen LogP contribution in [0.4, 0.5) is 5.69 Å². The van der Waals surface area contributed by atoms with Crippen LogP contribution in [0.2, 0.25) is 0 Å². The normalized spacial score (nSPS) is 31.0. The Hall–Kier alpha value is -3.25. The van der Waals surface area contributed by atoms with Gasteiger partial charge in [0, 0.05) is 45.0 Å².